The predicted molar refractivity (Wildman–Crippen MR) is 101 cm³/mol. The molecule has 26 heavy (non-hydrogen) atoms. The zero-order valence-electron chi connectivity index (χ0n) is 14.1. The molecule has 3 rings (SSSR count). The van der Waals surface area contributed by atoms with Crippen molar-refractivity contribution >= 4 is 33.4 Å². The van der Waals surface area contributed by atoms with Gasteiger partial charge in [0.15, 0.2) is 5.78 Å². The molecule has 3 aromatic rings. The Bertz CT molecular complexity index is 909. The molecule has 7 heteroatoms. The number of fused-ring (bicyclic) bond motifs is 1. The molecule has 0 aliphatic carbocycles. The lowest BCUT2D eigenvalue weighted by atomic mass is 10.1. The third kappa shape index (κ3) is 4.71. The van der Waals surface area contributed by atoms with Crippen molar-refractivity contribution in [3.63, 3.8) is 0 Å². The number of carbonyl (C=O) groups is 2. The fourth-order valence-corrected chi connectivity index (χ4v) is 3.40. The lowest BCUT2D eigenvalue weighted by Gasteiger charge is -2.02. The van der Waals surface area contributed by atoms with E-state index in [4.69, 9.17) is 5.11 Å². The van der Waals surface area contributed by atoms with Gasteiger partial charge < -0.3 is 10.4 Å². The molecule has 0 spiro atoms. The highest BCUT2D eigenvalue weighted by molar-refractivity contribution is 7.18. The number of ketones is 1. The topological polar surface area (TPSA) is 92.2 Å². The number of nitrogens with one attached hydrogen (secondary N) is 1. The average molecular weight is 369 g/mol. The van der Waals surface area contributed by atoms with E-state index in [-0.39, 0.29) is 37.7 Å². The molecule has 0 saturated heterocycles. The summed E-state index contributed by atoms with van der Waals surface area (Å²) in [6.45, 7) is -0.0382. The van der Waals surface area contributed by atoms with Crippen LogP contribution in [0.25, 0.3) is 21.6 Å². The minimum absolute atomic E-state index is 0.0138. The van der Waals surface area contributed by atoms with E-state index in [2.05, 4.69) is 15.3 Å². The number of amides is 1. The van der Waals surface area contributed by atoms with Crippen LogP contribution in [0.4, 0.5) is 0 Å². The zero-order chi connectivity index (χ0) is 18.4. The molecule has 2 aromatic heterocycles. The van der Waals surface area contributed by atoms with Crippen LogP contribution in [0.1, 0.15) is 17.8 Å². The third-order valence-electron chi connectivity index (χ3n) is 3.78. The van der Waals surface area contributed by atoms with Crippen molar-refractivity contribution < 1.29 is 14.7 Å². The highest BCUT2D eigenvalue weighted by Gasteiger charge is 2.12. The Morgan fingerprint density at radius 3 is 2.65 bits per heavy atom. The van der Waals surface area contributed by atoms with E-state index >= 15 is 0 Å². The van der Waals surface area contributed by atoms with Crippen molar-refractivity contribution in [2.75, 3.05) is 13.2 Å². The Hall–Kier alpha value is -2.64. The number of pyridine rings is 1. The van der Waals surface area contributed by atoms with E-state index < -0.39 is 0 Å². The fourth-order valence-electron chi connectivity index (χ4n) is 2.47. The van der Waals surface area contributed by atoms with E-state index in [1.165, 1.54) is 11.3 Å². The minimum atomic E-state index is -0.246. The molecule has 134 valence electrons. The molecular weight excluding hydrogens is 350 g/mol. The monoisotopic (exact) mass is 369 g/mol. The quantitative estimate of drug-likeness (QED) is 0.636. The number of hydrogen-bond donors (Lipinski definition) is 2. The zero-order valence-corrected chi connectivity index (χ0v) is 15.0. The summed E-state index contributed by atoms with van der Waals surface area (Å²) in [5.41, 5.74) is 2.66. The van der Waals surface area contributed by atoms with Gasteiger partial charge in [-0.15, -0.1) is 0 Å². The molecule has 1 amide bonds. The summed E-state index contributed by atoms with van der Waals surface area (Å²) in [6.07, 6.45) is 0.807. The van der Waals surface area contributed by atoms with Crippen LogP contribution < -0.4 is 5.32 Å². The molecule has 0 saturated carbocycles. The van der Waals surface area contributed by atoms with Crippen molar-refractivity contribution in [1.82, 2.24) is 15.3 Å². The number of Topliss-reactive ketones (excluding diaryl/α,β-unsaturated/α-hetero) is 1. The number of benzene rings is 1. The number of nitrogens with zero attached hydrogens (tertiary/aromatic N) is 2. The second kappa shape index (κ2) is 8.64. The molecular formula is C19H19N3O3S. The maximum Gasteiger partial charge on any atom is 0.227 e. The lowest BCUT2D eigenvalue weighted by Crippen LogP contribution is -2.30. The maximum absolute atomic E-state index is 12.0. The van der Waals surface area contributed by atoms with Gasteiger partial charge in [-0.2, -0.15) is 0 Å². The smallest absolute Gasteiger partial charge is 0.227 e. The number of aromatic nitrogens is 2. The minimum Gasteiger partial charge on any atom is -0.396 e. The maximum atomic E-state index is 12.0. The standard InChI is InChI=1S/C19H19N3O3S/c23-10-4-7-14(24)12-20-17(25)11-18-21-16-9-8-15(22-19(16)26-18)13-5-2-1-3-6-13/h1-3,5-6,8-9,23H,4,7,10-12H2,(H,20,25). The molecule has 0 radical (unpaired) electrons. The van der Waals surface area contributed by atoms with E-state index in [1.54, 1.807) is 0 Å². The van der Waals surface area contributed by atoms with Crippen molar-refractivity contribution in [3.8, 4) is 11.3 Å². The van der Waals surface area contributed by atoms with Crippen LogP contribution in [-0.4, -0.2) is 39.9 Å². The summed E-state index contributed by atoms with van der Waals surface area (Å²) < 4.78 is 0. The molecule has 0 unspecified atom stereocenters. The van der Waals surface area contributed by atoms with Gasteiger partial charge in [-0.1, -0.05) is 41.7 Å². The van der Waals surface area contributed by atoms with Crippen molar-refractivity contribution in [1.29, 1.82) is 0 Å². The second-order valence-corrected chi connectivity index (χ2v) is 6.88. The third-order valence-corrected chi connectivity index (χ3v) is 4.74. The summed E-state index contributed by atoms with van der Waals surface area (Å²) in [6, 6.07) is 13.7. The van der Waals surface area contributed by atoms with Gasteiger partial charge in [-0.05, 0) is 18.6 Å². The molecule has 0 aliphatic rings. The first-order valence-electron chi connectivity index (χ1n) is 8.37. The van der Waals surface area contributed by atoms with Crippen LogP contribution in [0.3, 0.4) is 0 Å². The summed E-state index contributed by atoms with van der Waals surface area (Å²) in [4.78, 5) is 33.4. The highest BCUT2D eigenvalue weighted by atomic mass is 32.1. The summed E-state index contributed by atoms with van der Waals surface area (Å²) >= 11 is 1.38. The summed E-state index contributed by atoms with van der Waals surface area (Å²) in [5.74, 6) is -0.337. The van der Waals surface area contributed by atoms with Gasteiger partial charge in [-0.3, -0.25) is 9.59 Å². The molecule has 2 N–H and O–H groups in total. The van der Waals surface area contributed by atoms with Gasteiger partial charge in [0.1, 0.15) is 15.4 Å². The van der Waals surface area contributed by atoms with Crippen molar-refractivity contribution in [2.24, 2.45) is 0 Å². The number of carbonyl (C=O) groups excluding carboxylic acids is 2. The Morgan fingerprint density at radius 2 is 1.88 bits per heavy atom. The second-order valence-electron chi connectivity index (χ2n) is 5.81. The molecule has 2 heterocycles. The Kier molecular flexibility index (Phi) is 6.04. The Labute approximate surface area is 154 Å². The van der Waals surface area contributed by atoms with Gasteiger partial charge in [0.05, 0.1) is 18.7 Å². The Balaban J connectivity index is 1.64. The van der Waals surface area contributed by atoms with Gasteiger partial charge >= 0.3 is 0 Å². The molecule has 0 fully saturated rings. The number of aliphatic hydroxyl groups is 1. The van der Waals surface area contributed by atoms with Crippen LogP contribution in [0, 0.1) is 0 Å². The van der Waals surface area contributed by atoms with Gasteiger partial charge in [0.2, 0.25) is 5.91 Å². The lowest BCUT2D eigenvalue weighted by molar-refractivity contribution is -0.124. The predicted octanol–water partition coefficient (Wildman–Crippen LogP) is 2.36. The highest BCUT2D eigenvalue weighted by Crippen LogP contribution is 2.25. The van der Waals surface area contributed by atoms with E-state index in [1.807, 2.05) is 42.5 Å². The SMILES string of the molecule is O=C(CCCO)CNC(=O)Cc1nc2ccc(-c3ccccc3)nc2s1. The number of aliphatic hydroxyl groups excluding tert-OH is 1. The van der Waals surface area contributed by atoms with Gasteiger partial charge in [-0.25, -0.2) is 9.97 Å². The summed E-state index contributed by atoms with van der Waals surface area (Å²) in [7, 11) is 0. The van der Waals surface area contributed by atoms with Crippen LogP contribution in [0.15, 0.2) is 42.5 Å². The summed E-state index contributed by atoms with van der Waals surface area (Å²) in [5, 5.41) is 12.0. The van der Waals surface area contributed by atoms with E-state index in [0.29, 0.717) is 11.4 Å². The van der Waals surface area contributed by atoms with E-state index in [9.17, 15) is 9.59 Å². The molecule has 0 aliphatic heterocycles. The fraction of sp³-hybridized carbons (Fsp3) is 0.263. The average Bonchev–Trinajstić information content (AvgIpc) is 3.06. The van der Waals surface area contributed by atoms with Gasteiger partial charge in [0.25, 0.3) is 0 Å². The van der Waals surface area contributed by atoms with Crippen LogP contribution in [0.5, 0.6) is 0 Å². The first kappa shape index (κ1) is 18.2. The molecule has 0 bridgehead atoms. The van der Waals surface area contributed by atoms with Crippen molar-refractivity contribution in [3.05, 3.63) is 47.5 Å². The van der Waals surface area contributed by atoms with Crippen LogP contribution in [-0.2, 0) is 16.0 Å². The molecule has 1 aromatic carbocycles. The number of hydrogen-bond acceptors (Lipinski definition) is 6. The van der Waals surface area contributed by atoms with Gasteiger partial charge in [0, 0.05) is 18.6 Å². The first-order chi connectivity index (χ1) is 12.7. The number of thiazole rings is 1. The van der Waals surface area contributed by atoms with Crippen LogP contribution >= 0.6 is 11.3 Å². The van der Waals surface area contributed by atoms with E-state index in [0.717, 1.165) is 21.6 Å². The number of rotatable bonds is 8. The Morgan fingerprint density at radius 1 is 1.08 bits per heavy atom. The first-order valence-corrected chi connectivity index (χ1v) is 9.18. The molecule has 6 nitrogen and oxygen atoms in total. The van der Waals surface area contributed by atoms with Crippen molar-refractivity contribution in [2.45, 2.75) is 19.3 Å². The largest absolute Gasteiger partial charge is 0.396 e. The molecule has 0 atom stereocenters. The van der Waals surface area contributed by atoms with Crippen LogP contribution in [0.2, 0.25) is 0 Å². The normalized spacial score (nSPS) is 10.8.